The van der Waals surface area contributed by atoms with E-state index in [0.29, 0.717) is 6.54 Å². The second kappa shape index (κ2) is 6.78. The number of aliphatic hydroxyl groups is 1. The third-order valence-corrected chi connectivity index (χ3v) is 4.38. The number of nitrogens with zero attached hydrogens (tertiary/aromatic N) is 1. The van der Waals surface area contributed by atoms with Gasteiger partial charge in [-0.1, -0.05) is 0 Å². The van der Waals surface area contributed by atoms with E-state index in [2.05, 4.69) is 4.90 Å². The molecule has 1 saturated heterocycles. The number of benzene rings is 1. The van der Waals surface area contributed by atoms with Crippen LogP contribution in [0.3, 0.4) is 0 Å². The van der Waals surface area contributed by atoms with E-state index in [1.54, 1.807) is 0 Å². The number of fused-ring (bicyclic) bond motifs is 1. The van der Waals surface area contributed by atoms with Crippen molar-refractivity contribution in [3.63, 3.8) is 0 Å². The van der Waals surface area contributed by atoms with Crippen LogP contribution in [0.25, 0.3) is 0 Å². The number of ether oxygens (including phenoxy) is 2. The minimum Gasteiger partial charge on any atom is -0.486 e. The van der Waals surface area contributed by atoms with Crippen molar-refractivity contribution in [1.82, 2.24) is 4.90 Å². The molecule has 2 atom stereocenters. The Morgan fingerprint density at radius 3 is 2.50 bits per heavy atom. The second-order valence-corrected chi connectivity index (χ2v) is 6.21. The van der Waals surface area contributed by atoms with E-state index in [1.165, 1.54) is 6.07 Å². The molecule has 3 N–H and O–H groups in total. The lowest BCUT2D eigenvalue weighted by Crippen LogP contribution is -2.40. The molecule has 1 fully saturated rings. The molecule has 8 heteroatoms. The molecule has 134 valence electrons. The molecule has 1 aromatic carbocycles. The average Bonchev–Trinajstić information content (AvgIpc) is 3.05. The van der Waals surface area contributed by atoms with Gasteiger partial charge in [0.15, 0.2) is 11.5 Å². The van der Waals surface area contributed by atoms with Crippen LogP contribution in [0, 0.1) is 0 Å². The van der Waals surface area contributed by atoms with Crippen LogP contribution in [0.15, 0.2) is 12.1 Å². The van der Waals surface area contributed by atoms with Gasteiger partial charge in [0.2, 0.25) is 0 Å². The van der Waals surface area contributed by atoms with Crippen LogP contribution in [-0.2, 0) is 6.18 Å². The van der Waals surface area contributed by atoms with Crippen LogP contribution in [0.2, 0.25) is 0 Å². The summed E-state index contributed by atoms with van der Waals surface area (Å²) in [5.41, 5.74) is 5.17. The van der Waals surface area contributed by atoms with Gasteiger partial charge < -0.3 is 25.2 Å². The third kappa shape index (κ3) is 3.60. The highest BCUT2D eigenvalue weighted by atomic mass is 19.4. The number of hydrogen-bond donors (Lipinski definition) is 2. The van der Waals surface area contributed by atoms with Crippen LogP contribution in [0.5, 0.6) is 11.5 Å². The minimum atomic E-state index is -4.60. The average molecular weight is 346 g/mol. The van der Waals surface area contributed by atoms with Crippen molar-refractivity contribution >= 4 is 0 Å². The van der Waals surface area contributed by atoms with Crippen molar-refractivity contribution in [2.45, 2.75) is 31.2 Å². The molecule has 0 amide bonds. The van der Waals surface area contributed by atoms with E-state index in [0.717, 1.165) is 32.0 Å². The monoisotopic (exact) mass is 346 g/mol. The summed E-state index contributed by atoms with van der Waals surface area (Å²) >= 11 is 0. The predicted molar refractivity (Wildman–Crippen MR) is 81.0 cm³/mol. The van der Waals surface area contributed by atoms with Gasteiger partial charge in [-0.3, -0.25) is 0 Å². The minimum absolute atomic E-state index is 0.00139. The molecule has 0 radical (unpaired) electrons. The molecule has 1 aromatic rings. The molecule has 2 aliphatic heterocycles. The summed E-state index contributed by atoms with van der Waals surface area (Å²) in [5, 5.41) is 10.4. The fraction of sp³-hybridized carbons (Fsp3) is 0.625. The highest BCUT2D eigenvalue weighted by Crippen LogP contribution is 2.44. The van der Waals surface area contributed by atoms with E-state index in [4.69, 9.17) is 15.2 Å². The lowest BCUT2D eigenvalue weighted by atomic mass is 9.98. The third-order valence-electron chi connectivity index (χ3n) is 4.38. The molecular formula is C16H21F3N2O3. The van der Waals surface area contributed by atoms with Crippen molar-refractivity contribution < 1.29 is 27.8 Å². The largest absolute Gasteiger partial charge is 0.486 e. The van der Waals surface area contributed by atoms with Crippen LogP contribution < -0.4 is 15.2 Å². The van der Waals surface area contributed by atoms with Crippen molar-refractivity contribution in [3.05, 3.63) is 23.3 Å². The van der Waals surface area contributed by atoms with Gasteiger partial charge in [0.1, 0.15) is 18.8 Å². The number of aliphatic hydroxyl groups excluding tert-OH is 1. The Kier molecular flexibility index (Phi) is 4.89. The Morgan fingerprint density at radius 2 is 1.83 bits per heavy atom. The SMILES string of the molecule is NC(CN1CCCC1)C(O)c1cc2c(c(C(F)(F)F)c1)OCCO2. The summed E-state index contributed by atoms with van der Waals surface area (Å²) in [4.78, 5) is 2.11. The smallest absolute Gasteiger partial charge is 0.420 e. The maximum Gasteiger partial charge on any atom is 0.420 e. The number of nitrogens with two attached hydrogens (primary N) is 1. The first-order valence-electron chi connectivity index (χ1n) is 8.03. The standard InChI is InChI=1S/C16H21F3N2O3/c17-16(18,19)11-7-10(8-13-15(11)24-6-5-23-13)14(22)12(20)9-21-3-1-2-4-21/h7-8,12,14,22H,1-6,9,20H2. The fourth-order valence-corrected chi connectivity index (χ4v) is 3.17. The molecule has 0 aromatic heterocycles. The van der Waals surface area contributed by atoms with Gasteiger partial charge >= 0.3 is 6.18 Å². The molecule has 0 aliphatic carbocycles. The van der Waals surface area contributed by atoms with Gasteiger partial charge in [-0.25, -0.2) is 0 Å². The molecule has 24 heavy (non-hydrogen) atoms. The predicted octanol–water partition coefficient (Wildman–Crippen LogP) is 1.93. The Balaban J connectivity index is 1.86. The molecule has 5 nitrogen and oxygen atoms in total. The second-order valence-electron chi connectivity index (χ2n) is 6.21. The van der Waals surface area contributed by atoms with E-state index in [-0.39, 0.29) is 30.3 Å². The normalized spacial score (nSPS) is 20.9. The van der Waals surface area contributed by atoms with Gasteiger partial charge in [0, 0.05) is 12.6 Å². The maximum absolute atomic E-state index is 13.3. The molecular weight excluding hydrogens is 325 g/mol. The van der Waals surface area contributed by atoms with Gasteiger partial charge in [0.25, 0.3) is 0 Å². The number of alkyl halides is 3. The lowest BCUT2D eigenvalue weighted by molar-refractivity contribution is -0.139. The first-order valence-corrected chi connectivity index (χ1v) is 8.03. The summed E-state index contributed by atoms with van der Waals surface area (Å²) < 4.78 is 50.3. The summed E-state index contributed by atoms with van der Waals surface area (Å²) in [7, 11) is 0. The van der Waals surface area contributed by atoms with Crippen LogP contribution >= 0.6 is 0 Å². The number of halogens is 3. The zero-order valence-electron chi connectivity index (χ0n) is 13.2. The highest BCUT2D eigenvalue weighted by Gasteiger charge is 2.38. The molecule has 2 heterocycles. The molecule has 3 rings (SSSR count). The first-order chi connectivity index (χ1) is 11.4. The molecule has 2 unspecified atom stereocenters. The van der Waals surface area contributed by atoms with Gasteiger partial charge in [-0.2, -0.15) is 13.2 Å². The van der Waals surface area contributed by atoms with E-state index < -0.39 is 23.9 Å². The zero-order valence-corrected chi connectivity index (χ0v) is 13.2. The number of likely N-dealkylation sites (tertiary alicyclic amines) is 1. The fourth-order valence-electron chi connectivity index (χ4n) is 3.17. The summed E-state index contributed by atoms with van der Waals surface area (Å²) in [6, 6.07) is 1.62. The molecule has 0 spiro atoms. The quantitative estimate of drug-likeness (QED) is 0.872. The lowest BCUT2D eigenvalue weighted by Gasteiger charge is -2.27. The summed E-state index contributed by atoms with van der Waals surface area (Å²) in [6.45, 7) is 2.47. The topological polar surface area (TPSA) is 68.0 Å². The summed E-state index contributed by atoms with van der Waals surface area (Å²) in [5.74, 6) is -0.323. The van der Waals surface area contributed by atoms with Crippen molar-refractivity contribution in [3.8, 4) is 11.5 Å². The Hall–Kier alpha value is -1.51. The van der Waals surface area contributed by atoms with E-state index in [1.807, 2.05) is 0 Å². The van der Waals surface area contributed by atoms with Crippen LogP contribution in [0.1, 0.15) is 30.1 Å². The van der Waals surface area contributed by atoms with Gasteiger partial charge in [0.05, 0.1) is 6.10 Å². The Bertz CT molecular complexity index is 589. The molecule has 0 saturated carbocycles. The Labute approximate surface area is 138 Å². The highest BCUT2D eigenvalue weighted by molar-refractivity contribution is 5.52. The number of rotatable bonds is 4. The maximum atomic E-state index is 13.3. The zero-order chi connectivity index (χ0) is 17.3. The van der Waals surface area contributed by atoms with Crippen LogP contribution in [-0.4, -0.2) is 48.9 Å². The van der Waals surface area contributed by atoms with Gasteiger partial charge in [-0.15, -0.1) is 0 Å². The molecule has 0 bridgehead atoms. The molecule has 2 aliphatic rings. The van der Waals surface area contributed by atoms with Gasteiger partial charge in [-0.05, 0) is 43.6 Å². The Morgan fingerprint density at radius 1 is 1.17 bits per heavy atom. The summed E-state index contributed by atoms with van der Waals surface area (Å²) in [6.07, 6.45) is -3.65. The van der Waals surface area contributed by atoms with Crippen molar-refractivity contribution in [2.75, 3.05) is 32.8 Å². The van der Waals surface area contributed by atoms with Crippen molar-refractivity contribution in [1.29, 1.82) is 0 Å². The van der Waals surface area contributed by atoms with Crippen LogP contribution in [0.4, 0.5) is 13.2 Å². The van der Waals surface area contributed by atoms with E-state index in [9.17, 15) is 18.3 Å². The van der Waals surface area contributed by atoms with Crippen molar-refractivity contribution in [2.24, 2.45) is 5.73 Å². The van der Waals surface area contributed by atoms with E-state index >= 15 is 0 Å². The first kappa shape index (κ1) is 17.3. The number of hydrogen-bond acceptors (Lipinski definition) is 5.